The minimum Gasteiger partial charge on any atom is -0.468 e. The van der Waals surface area contributed by atoms with Gasteiger partial charge in [0.2, 0.25) is 0 Å². The average Bonchev–Trinajstić information content (AvgIpc) is 2.79. The van der Waals surface area contributed by atoms with Gasteiger partial charge in [-0.3, -0.25) is 19.2 Å². The number of carbonyl (C=O) groups is 4. The summed E-state index contributed by atoms with van der Waals surface area (Å²) in [6, 6.07) is 4.61. The number of nitrogens with two attached hydrogens (primary N) is 1. The maximum atomic E-state index is 12.5. The average molecular weight is 494 g/mol. The molecule has 1 aromatic carbocycles. The van der Waals surface area contributed by atoms with Crippen molar-refractivity contribution in [2.75, 3.05) is 13.7 Å². The van der Waals surface area contributed by atoms with Crippen LogP contribution in [0.3, 0.4) is 0 Å². The normalized spacial score (nSPS) is 13.7. The number of benzene rings is 1. The van der Waals surface area contributed by atoms with Gasteiger partial charge in [-0.2, -0.15) is 0 Å². The molecular formula is C26H39NO8. The molecule has 196 valence electrons. The SMILES string of the molecule is CCCC(C)C(=O)OCC[C@@](N)(Cc1ccc(OC(=O)C(C)C)c(OC(=O)C(C)C)c1)C(=O)OC. The number of hydrogen-bond acceptors (Lipinski definition) is 9. The van der Waals surface area contributed by atoms with E-state index in [1.54, 1.807) is 40.7 Å². The number of methoxy groups -OCH3 is 1. The summed E-state index contributed by atoms with van der Waals surface area (Å²) >= 11 is 0. The van der Waals surface area contributed by atoms with E-state index in [2.05, 4.69) is 0 Å². The lowest BCUT2D eigenvalue weighted by Gasteiger charge is -2.27. The third kappa shape index (κ3) is 9.32. The van der Waals surface area contributed by atoms with Crippen LogP contribution in [-0.4, -0.2) is 43.1 Å². The lowest BCUT2D eigenvalue weighted by Crippen LogP contribution is -2.51. The monoisotopic (exact) mass is 493 g/mol. The highest BCUT2D eigenvalue weighted by Gasteiger charge is 2.36. The standard InChI is InChI=1S/C26H39NO8/c1-8-9-18(6)24(30)33-13-12-26(27,25(31)32-7)15-19-10-11-20(34-22(28)16(2)3)21(14-19)35-23(29)17(4)5/h10-11,14,16-18H,8-9,12-13,15,27H2,1-7H3/t18?,26-/m1/s1. The van der Waals surface area contributed by atoms with Crippen molar-refractivity contribution in [1.29, 1.82) is 0 Å². The molecule has 2 atom stereocenters. The van der Waals surface area contributed by atoms with Gasteiger partial charge in [0.05, 0.1) is 31.5 Å². The summed E-state index contributed by atoms with van der Waals surface area (Å²) in [6.07, 6.45) is 1.59. The van der Waals surface area contributed by atoms with E-state index < -0.39 is 29.4 Å². The number of rotatable bonds is 13. The summed E-state index contributed by atoms with van der Waals surface area (Å²) in [5, 5.41) is 0. The Bertz CT molecular complexity index is 895. The molecule has 0 spiro atoms. The van der Waals surface area contributed by atoms with E-state index in [1.165, 1.54) is 19.2 Å². The van der Waals surface area contributed by atoms with Crippen molar-refractivity contribution in [3.63, 3.8) is 0 Å². The van der Waals surface area contributed by atoms with Crippen LogP contribution >= 0.6 is 0 Å². The Morgan fingerprint density at radius 2 is 1.49 bits per heavy atom. The maximum absolute atomic E-state index is 12.5. The third-order valence-electron chi connectivity index (χ3n) is 5.40. The van der Waals surface area contributed by atoms with Crippen LogP contribution in [0.15, 0.2) is 18.2 Å². The summed E-state index contributed by atoms with van der Waals surface area (Å²) in [4.78, 5) is 49.0. The molecule has 1 rings (SSSR count). The zero-order chi connectivity index (χ0) is 26.8. The van der Waals surface area contributed by atoms with E-state index in [4.69, 9.17) is 24.7 Å². The predicted molar refractivity (Wildman–Crippen MR) is 130 cm³/mol. The molecule has 35 heavy (non-hydrogen) atoms. The van der Waals surface area contributed by atoms with Crippen molar-refractivity contribution in [2.45, 2.75) is 72.8 Å². The van der Waals surface area contributed by atoms with Crippen molar-refractivity contribution in [3.8, 4) is 11.5 Å². The Balaban J connectivity index is 3.15. The van der Waals surface area contributed by atoms with E-state index in [0.717, 1.165) is 6.42 Å². The Morgan fingerprint density at radius 3 is 2.00 bits per heavy atom. The summed E-state index contributed by atoms with van der Waals surface area (Å²) in [7, 11) is 1.23. The summed E-state index contributed by atoms with van der Waals surface area (Å²) < 4.78 is 21.0. The second-order valence-corrected chi connectivity index (χ2v) is 9.36. The molecule has 0 heterocycles. The first-order chi connectivity index (χ1) is 16.3. The lowest BCUT2D eigenvalue weighted by molar-refractivity contribution is -0.153. The predicted octanol–water partition coefficient (Wildman–Crippen LogP) is 3.59. The second kappa shape index (κ2) is 13.8. The van der Waals surface area contributed by atoms with Gasteiger partial charge in [0.15, 0.2) is 11.5 Å². The van der Waals surface area contributed by atoms with E-state index in [0.29, 0.717) is 12.0 Å². The van der Waals surface area contributed by atoms with Crippen LogP contribution in [0.5, 0.6) is 11.5 Å². The zero-order valence-corrected chi connectivity index (χ0v) is 21.8. The molecule has 0 aromatic heterocycles. The maximum Gasteiger partial charge on any atom is 0.326 e. The van der Waals surface area contributed by atoms with Gasteiger partial charge < -0.3 is 24.7 Å². The molecule has 9 heteroatoms. The minimum absolute atomic E-state index is 0.00632. The topological polar surface area (TPSA) is 131 Å². The highest BCUT2D eigenvalue weighted by molar-refractivity contribution is 5.81. The number of hydrogen-bond donors (Lipinski definition) is 1. The molecule has 1 aromatic rings. The van der Waals surface area contributed by atoms with Crippen LogP contribution < -0.4 is 15.2 Å². The van der Waals surface area contributed by atoms with Gasteiger partial charge in [0, 0.05) is 12.8 Å². The first-order valence-corrected chi connectivity index (χ1v) is 11.9. The van der Waals surface area contributed by atoms with E-state index >= 15 is 0 Å². The van der Waals surface area contributed by atoms with Gasteiger partial charge in [-0.25, -0.2) is 0 Å². The van der Waals surface area contributed by atoms with Gasteiger partial charge in [-0.15, -0.1) is 0 Å². The van der Waals surface area contributed by atoms with Crippen LogP contribution in [0, 0.1) is 17.8 Å². The Labute approximate surface area is 207 Å². The molecule has 0 aliphatic rings. The Morgan fingerprint density at radius 1 is 0.914 bits per heavy atom. The van der Waals surface area contributed by atoms with E-state index in [1.807, 2.05) is 6.92 Å². The second-order valence-electron chi connectivity index (χ2n) is 9.36. The van der Waals surface area contributed by atoms with Gasteiger partial charge in [-0.1, -0.05) is 54.0 Å². The molecule has 9 nitrogen and oxygen atoms in total. The molecule has 0 saturated heterocycles. The van der Waals surface area contributed by atoms with Crippen molar-refractivity contribution < 1.29 is 38.1 Å². The van der Waals surface area contributed by atoms with Crippen LogP contribution in [0.4, 0.5) is 0 Å². The van der Waals surface area contributed by atoms with Crippen molar-refractivity contribution >= 4 is 23.9 Å². The van der Waals surface area contributed by atoms with Crippen LogP contribution in [0.1, 0.15) is 66.4 Å². The highest BCUT2D eigenvalue weighted by Crippen LogP contribution is 2.32. The zero-order valence-electron chi connectivity index (χ0n) is 21.8. The highest BCUT2D eigenvalue weighted by atomic mass is 16.6. The molecule has 0 amide bonds. The molecule has 0 fully saturated rings. The summed E-state index contributed by atoms with van der Waals surface area (Å²) in [6.45, 7) is 10.4. The van der Waals surface area contributed by atoms with Gasteiger partial charge in [0.25, 0.3) is 0 Å². The molecule has 1 unspecified atom stereocenters. The molecule has 0 saturated carbocycles. The first-order valence-electron chi connectivity index (χ1n) is 11.9. The van der Waals surface area contributed by atoms with Gasteiger partial charge in [-0.05, 0) is 24.1 Å². The quantitative estimate of drug-likeness (QED) is 0.323. The minimum atomic E-state index is -1.50. The van der Waals surface area contributed by atoms with Crippen molar-refractivity contribution in [3.05, 3.63) is 23.8 Å². The molecular weight excluding hydrogens is 454 g/mol. The number of esters is 4. The largest absolute Gasteiger partial charge is 0.468 e. The number of carbonyl (C=O) groups excluding carboxylic acids is 4. The van der Waals surface area contributed by atoms with E-state index in [-0.39, 0.29) is 48.8 Å². The molecule has 2 N–H and O–H groups in total. The molecule has 0 aliphatic carbocycles. The van der Waals surface area contributed by atoms with E-state index in [9.17, 15) is 19.2 Å². The van der Waals surface area contributed by atoms with Crippen LogP contribution in [0.2, 0.25) is 0 Å². The Hall–Kier alpha value is -2.94. The fraction of sp³-hybridized carbons (Fsp3) is 0.615. The fourth-order valence-electron chi connectivity index (χ4n) is 3.14. The fourth-order valence-corrected chi connectivity index (χ4v) is 3.14. The van der Waals surface area contributed by atoms with Crippen molar-refractivity contribution in [2.24, 2.45) is 23.5 Å². The van der Waals surface area contributed by atoms with Crippen LogP contribution in [0.25, 0.3) is 0 Å². The van der Waals surface area contributed by atoms with Crippen LogP contribution in [-0.2, 0) is 35.1 Å². The third-order valence-corrected chi connectivity index (χ3v) is 5.40. The lowest BCUT2D eigenvalue weighted by atomic mass is 9.88. The van der Waals surface area contributed by atoms with Gasteiger partial charge in [0.1, 0.15) is 5.54 Å². The summed E-state index contributed by atoms with van der Waals surface area (Å²) in [5.41, 5.74) is 5.44. The molecule has 0 radical (unpaired) electrons. The smallest absolute Gasteiger partial charge is 0.326 e. The Kier molecular flexibility index (Phi) is 11.9. The first kappa shape index (κ1) is 30.1. The van der Waals surface area contributed by atoms with Gasteiger partial charge >= 0.3 is 23.9 Å². The molecule has 0 bridgehead atoms. The van der Waals surface area contributed by atoms with Crippen molar-refractivity contribution in [1.82, 2.24) is 0 Å². The number of ether oxygens (including phenoxy) is 4. The molecule has 0 aliphatic heterocycles. The summed E-state index contributed by atoms with van der Waals surface area (Å²) in [5.74, 6) is -2.94.